The lowest BCUT2D eigenvalue weighted by Gasteiger charge is -2.18. The summed E-state index contributed by atoms with van der Waals surface area (Å²) in [5, 5.41) is 0. The molecule has 4 nitrogen and oxygen atoms in total. The molecule has 0 radical (unpaired) electrons. The van der Waals surface area contributed by atoms with Crippen molar-refractivity contribution < 1.29 is 13.2 Å². The van der Waals surface area contributed by atoms with Crippen LogP contribution in [0.5, 0.6) is 0 Å². The maximum atomic E-state index is 12.0. The second-order valence-corrected chi connectivity index (χ2v) is 5.21. The Hall–Kier alpha value is -1.20. The summed E-state index contributed by atoms with van der Waals surface area (Å²) in [6.45, 7) is 4.46. The van der Waals surface area contributed by atoms with Crippen LogP contribution in [0.1, 0.15) is 24.2 Å². The number of hydrogen-bond donors (Lipinski definition) is 0. The molecular formula is C11H15NO3S. The van der Waals surface area contributed by atoms with Crippen LogP contribution >= 0.6 is 0 Å². The van der Waals surface area contributed by atoms with Gasteiger partial charge in [0.05, 0.1) is 4.90 Å². The topological polar surface area (TPSA) is 54.5 Å². The summed E-state index contributed by atoms with van der Waals surface area (Å²) in [4.78, 5) is 10.7. The van der Waals surface area contributed by atoms with Crippen molar-refractivity contribution >= 4 is 16.3 Å². The van der Waals surface area contributed by atoms with Crippen molar-refractivity contribution in [3.63, 3.8) is 0 Å². The quantitative estimate of drug-likeness (QED) is 0.735. The fraction of sp³-hybridized carbons (Fsp3) is 0.364. The van der Waals surface area contributed by atoms with Crippen molar-refractivity contribution in [3.8, 4) is 0 Å². The maximum absolute atomic E-state index is 12.0. The zero-order chi connectivity index (χ0) is 12.2. The third kappa shape index (κ3) is 2.48. The van der Waals surface area contributed by atoms with Gasteiger partial charge in [0.1, 0.15) is 6.29 Å². The Morgan fingerprint density at radius 2 is 1.62 bits per heavy atom. The van der Waals surface area contributed by atoms with Crippen LogP contribution in [0, 0.1) is 0 Å². The molecule has 0 aliphatic rings. The Morgan fingerprint density at radius 1 is 1.12 bits per heavy atom. The molecule has 0 saturated heterocycles. The van der Waals surface area contributed by atoms with Gasteiger partial charge in [-0.1, -0.05) is 26.0 Å². The molecule has 1 aromatic rings. The molecule has 0 atom stereocenters. The van der Waals surface area contributed by atoms with Gasteiger partial charge < -0.3 is 0 Å². The molecule has 0 fully saturated rings. The van der Waals surface area contributed by atoms with Crippen LogP contribution in [0.15, 0.2) is 29.2 Å². The normalized spacial score (nSPS) is 11.7. The lowest BCUT2D eigenvalue weighted by Crippen LogP contribution is -2.30. The second-order valence-electron chi connectivity index (χ2n) is 3.28. The largest absolute Gasteiger partial charge is 0.298 e. The molecule has 0 bridgehead atoms. The van der Waals surface area contributed by atoms with E-state index < -0.39 is 10.0 Å². The minimum Gasteiger partial charge on any atom is -0.298 e. The van der Waals surface area contributed by atoms with Gasteiger partial charge in [0.25, 0.3) is 0 Å². The minimum absolute atomic E-state index is 0.224. The van der Waals surface area contributed by atoms with E-state index in [2.05, 4.69) is 0 Å². The standard InChI is InChI=1S/C11H15NO3S/c1-3-12(4-2)16(14,15)11-7-5-10(9-13)6-8-11/h5-9H,3-4H2,1-2H3. The van der Waals surface area contributed by atoms with E-state index in [4.69, 9.17) is 0 Å². The number of carbonyl (C=O) groups is 1. The van der Waals surface area contributed by atoms with E-state index >= 15 is 0 Å². The van der Waals surface area contributed by atoms with E-state index in [-0.39, 0.29) is 4.90 Å². The molecule has 0 unspecified atom stereocenters. The maximum Gasteiger partial charge on any atom is 0.243 e. The van der Waals surface area contributed by atoms with E-state index in [0.29, 0.717) is 24.9 Å². The van der Waals surface area contributed by atoms with E-state index in [1.54, 1.807) is 13.8 Å². The second kappa shape index (κ2) is 5.23. The Kier molecular flexibility index (Phi) is 4.20. The lowest BCUT2D eigenvalue weighted by molar-refractivity contribution is 0.112. The predicted octanol–water partition coefficient (Wildman–Crippen LogP) is 1.53. The van der Waals surface area contributed by atoms with E-state index in [1.165, 1.54) is 28.6 Å². The van der Waals surface area contributed by atoms with E-state index in [9.17, 15) is 13.2 Å². The fourth-order valence-corrected chi connectivity index (χ4v) is 2.89. The van der Waals surface area contributed by atoms with Gasteiger partial charge in [-0.15, -0.1) is 0 Å². The average Bonchev–Trinajstić information content (AvgIpc) is 2.30. The number of hydrogen-bond acceptors (Lipinski definition) is 3. The monoisotopic (exact) mass is 241 g/mol. The van der Waals surface area contributed by atoms with Crippen molar-refractivity contribution in [1.29, 1.82) is 0 Å². The summed E-state index contributed by atoms with van der Waals surface area (Å²) in [5.74, 6) is 0. The highest BCUT2D eigenvalue weighted by Crippen LogP contribution is 2.15. The molecule has 0 N–H and O–H groups in total. The van der Waals surface area contributed by atoms with Gasteiger partial charge in [-0.25, -0.2) is 8.42 Å². The van der Waals surface area contributed by atoms with Crippen molar-refractivity contribution in [1.82, 2.24) is 4.31 Å². The summed E-state index contributed by atoms with van der Waals surface area (Å²) in [5.41, 5.74) is 0.471. The van der Waals surface area contributed by atoms with Crippen molar-refractivity contribution in [2.24, 2.45) is 0 Å². The SMILES string of the molecule is CCN(CC)S(=O)(=O)c1ccc(C=O)cc1. The first-order valence-corrected chi connectivity index (χ1v) is 6.55. The lowest BCUT2D eigenvalue weighted by atomic mass is 10.2. The molecule has 0 heterocycles. The van der Waals surface area contributed by atoms with Crippen LogP contribution in [-0.4, -0.2) is 32.1 Å². The van der Waals surface area contributed by atoms with Gasteiger partial charge in [-0.3, -0.25) is 4.79 Å². The Morgan fingerprint density at radius 3 is 2.00 bits per heavy atom. The van der Waals surface area contributed by atoms with Gasteiger partial charge in [0, 0.05) is 18.7 Å². The Labute approximate surface area is 95.9 Å². The number of carbonyl (C=O) groups excluding carboxylic acids is 1. The minimum atomic E-state index is -3.41. The van der Waals surface area contributed by atoms with Crippen molar-refractivity contribution in [2.75, 3.05) is 13.1 Å². The molecule has 16 heavy (non-hydrogen) atoms. The van der Waals surface area contributed by atoms with Gasteiger partial charge in [-0.05, 0) is 12.1 Å². The smallest absolute Gasteiger partial charge is 0.243 e. The summed E-state index contributed by atoms with van der Waals surface area (Å²) >= 11 is 0. The first-order chi connectivity index (χ1) is 7.56. The van der Waals surface area contributed by atoms with Crippen LogP contribution in [-0.2, 0) is 10.0 Å². The summed E-state index contributed by atoms with van der Waals surface area (Å²) < 4.78 is 25.4. The molecule has 1 rings (SSSR count). The van der Waals surface area contributed by atoms with Crippen LogP contribution < -0.4 is 0 Å². The van der Waals surface area contributed by atoms with Crippen molar-refractivity contribution in [2.45, 2.75) is 18.7 Å². The highest BCUT2D eigenvalue weighted by atomic mass is 32.2. The molecular weight excluding hydrogens is 226 g/mol. The molecule has 88 valence electrons. The van der Waals surface area contributed by atoms with Gasteiger partial charge in [0.15, 0.2) is 0 Å². The molecule has 0 aliphatic heterocycles. The molecule has 5 heteroatoms. The Balaban J connectivity index is 3.11. The molecule has 0 spiro atoms. The fourth-order valence-electron chi connectivity index (χ4n) is 1.43. The highest BCUT2D eigenvalue weighted by Gasteiger charge is 2.20. The number of benzene rings is 1. The van der Waals surface area contributed by atoms with Crippen LogP contribution in [0.2, 0.25) is 0 Å². The molecule has 0 amide bonds. The van der Waals surface area contributed by atoms with Gasteiger partial charge in [-0.2, -0.15) is 4.31 Å². The third-order valence-electron chi connectivity index (χ3n) is 2.36. The van der Waals surface area contributed by atoms with E-state index in [0.717, 1.165) is 0 Å². The molecule has 0 aliphatic carbocycles. The Bertz CT molecular complexity index is 447. The average molecular weight is 241 g/mol. The van der Waals surface area contributed by atoms with E-state index in [1.807, 2.05) is 0 Å². The molecule has 0 saturated carbocycles. The number of aldehydes is 1. The van der Waals surface area contributed by atoms with Gasteiger partial charge >= 0.3 is 0 Å². The predicted molar refractivity (Wildman–Crippen MR) is 61.9 cm³/mol. The molecule has 1 aromatic carbocycles. The van der Waals surface area contributed by atoms with Crippen LogP contribution in [0.25, 0.3) is 0 Å². The zero-order valence-corrected chi connectivity index (χ0v) is 10.2. The summed E-state index contributed by atoms with van der Waals surface area (Å²) in [7, 11) is -3.41. The number of sulfonamides is 1. The zero-order valence-electron chi connectivity index (χ0n) is 9.38. The van der Waals surface area contributed by atoms with Crippen LogP contribution in [0.3, 0.4) is 0 Å². The first kappa shape index (κ1) is 12.9. The molecule has 0 aromatic heterocycles. The highest BCUT2D eigenvalue weighted by molar-refractivity contribution is 7.89. The van der Waals surface area contributed by atoms with Crippen LogP contribution in [0.4, 0.5) is 0 Å². The van der Waals surface area contributed by atoms with Crippen molar-refractivity contribution in [3.05, 3.63) is 29.8 Å². The third-order valence-corrected chi connectivity index (χ3v) is 4.42. The number of rotatable bonds is 5. The summed E-state index contributed by atoms with van der Waals surface area (Å²) in [6, 6.07) is 5.92. The summed E-state index contributed by atoms with van der Waals surface area (Å²) in [6.07, 6.45) is 0.688. The van der Waals surface area contributed by atoms with Gasteiger partial charge in [0.2, 0.25) is 10.0 Å². The first-order valence-electron chi connectivity index (χ1n) is 5.11. The number of nitrogens with zero attached hydrogens (tertiary/aromatic N) is 1.